The number of benzene rings is 2. The third-order valence-corrected chi connectivity index (χ3v) is 2.60. The van der Waals surface area contributed by atoms with Crippen LogP contribution in [-0.2, 0) is 0 Å². The van der Waals surface area contributed by atoms with Crippen LogP contribution in [-0.4, -0.2) is 11.8 Å². The standard InChI is InChI=1S/C14H12FN3O2/c15-9-5-7-10(8-6-9)17-18-14(20)12-4-2-1-3-11(12)13(16)19/h1-8,17H,(H2,16,19)(H,18,20). The summed E-state index contributed by atoms with van der Waals surface area (Å²) in [6.45, 7) is 0. The van der Waals surface area contributed by atoms with Crippen LogP contribution in [0.5, 0.6) is 0 Å². The molecule has 0 fully saturated rings. The number of nitrogens with one attached hydrogen (secondary N) is 2. The first-order valence-electron chi connectivity index (χ1n) is 5.78. The molecule has 20 heavy (non-hydrogen) atoms. The highest BCUT2D eigenvalue weighted by molar-refractivity contribution is 6.06. The van der Waals surface area contributed by atoms with Gasteiger partial charge in [0.2, 0.25) is 5.91 Å². The fourth-order valence-electron chi connectivity index (χ4n) is 1.63. The molecule has 2 amide bonds. The van der Waals surface area contributed by atoms with Gasteiger partial charge in [0, 0.05) is 0 Å². The molecule has 102 valence electrons. The van der Waals surface area contributed by atoms with E-state index >= 15 is 0 Å². The molecule has 6 heteroatoms. The molecule has 0 aromatic heterocycles. The lowest BCUT2D eigenvalue weighted by Gasteiger charge is -2.10. The van der Waals surface area contributed by atoms with Crippen molar-refractivity contribution in [2.75, 3.05) is 5.43 Å². The number of hydrogen-bond donors (Lipinski definition) is 3. The third-order valence-electron chi connectivity index (χ3n) is 2.60. The molecule has 0 aliphatic rings. The highest BCUT2D eigenvalue weighted by atomic mass is 19.1. The van der Waals surface area contributed by atoms with Gasteiger partial charge in [-0.25, -0.2) is 4.39 Å². The lowest BCUT2D eigenvalue weighted by molar-refractivity contribution is 0.0943. The second kappa shape index (κ2) is 5.83. The number of hydrogen-bond acceptors (Lipinski definition) is 3. The Balaban J connectivity index is 2.09. The Kier molecular flexibility index (Phi) is 3.95. The van der Waals surface area contributed by atoms with Crippen molar-refractivity contribution < 1.29 is 14.0 Å². The molecular formula is C14H12FN3O2. The normalized spacial score (nSPS) is 9.85. The summed E-state index contributed by atoms with van der Waals surface area (Å²) >= 11 is 0. The molecule has 0 radical (unpaired) electrons. The molecule has 2 aromatic rings. The van der Waals surface area contributed by atoms with E-state index in [0.717, 1.165) is 0 Å². The molecule has 0 atom stereocenters. The molecule has 0 spiro atoms. The van der Waals surface area contributed by atoms with Crippen LogP contribution in [0.15, 0.2) is 48.5 Å². The number of amides is 2. The first kappa shape index (κ1) is 13.5. The lowest BCUT2D eigenvalue weighted by Crippen LogP contribution is -2.31. The summed E-state index contributed by atoms with van der Waals surface area (Å²) in [6.07, 6.45) is 0. The SMILES string of the molecule is NC(=O)c1ccccc1C(=O)NNc1ccc(F)cc1. The molecule has 2 aromatic carbocycles. The Bertz CT molecular complexity index is 641. The van der Waals surface area contributed by atoms with Crippen LogP contribution < -0.4 is 16.6 Å². The highest BCUT2D eigenvalue weighted by Crippen LogP contribution is 2.09. The molecule has 0 heterocycles. The molecule has 0 bridgehead atoms. The summed E-state index contributed by atoms with van der Waals surface area (Å²) in [5.41, 5.74) is 11.0. The smallest absolute Gasteiger partial charge is 0.270 e. The number of anilines is 1. The van der Waals surface area contributed by atoms with Gasteiger partial charge >= 0.3 is 0 Å². The Morgan fingerprint density at radius 1 is 0.950 bits per heavy atom. The zero-order valence-corrected chi connectivity index (χ0v) is 10.4. The van der Waals surface area contributed by atoms with E-state index in [-0.39, 0.29) is 16.9 Å². The van der Waals surface area contributed by atoms with Crippen molar-refractivity contribution in [3.8, 4) is 0 Å². The second-order valence-corrected chi connectivity index (χ2v) is 4.00. The van der Waals surface area contributed by atoms with Crippen molar-refractivity contribution in [3.05, 3.63) is 65.5 Å². The van der Waals surface area contributed by atoms with E-state index in [1.165, 1.54) is 36.4 Å². The van der Waals surface area contributed by atoms with Crippen molar-refractivity contribution in [1.29, 1.82) is 0 Å². The van der Waals surface area contributed by atoms with Crippen molar-refractivity contribution >= 4 is 17.5 Å². The van der Waals surface area contributed by atoms with Crippen LogP contribution in [0.2, 0.25) is 0 Å². The number of hydrazine groups is 1. The summed E-state index contributed by atoms with van der Waals surface area (Å²) in [6, 6.07) is 11.6. The largest absolute Gasteiger partial charge is 0.366 e. The van der Waals surface area contributed by atoms with Gasteiger partial charge in [0.15, 0.2) is 0 Å². The summed E-state index contributed by atoms with van der Waals surface area (Å²) < 4.78 is 12.7. The zero-order valence-electron chi connectivity index (χ0n) is 10.4. The summed E-state index contributed by atoms with van der Waals surface area (Å²) in [5, 5.41) is 0. The van der Waals surface area contributed by atoms with Gasteiger partial charge in [-0.15, -0.1) is 0 Å². The van der Waals surface area contributed by atoms with Crippen molar-refractivity contribution in [2.45, 2.75) is 0 Å². The maximum Gasteiger partial charge on any atom is 0.270 e. The molecule has 5 nitrogen and oxygen atoms in total. The third kappa shape index (κ3) is 3.11. The Labute approximate surface area is 114 Å². The van der Waals surface area contributed by atoms with Gasteiger partial charge in [0.05, 0.1) is 16.8 Å². The van der Waals surface area contributed by atoms with E-state index in [2.05, 4.69) is 10.9 Å². The minimum atomic E-state index is -0.683. The van der Waals surface area contributed by atoms with Crippen LogP contribution in [0.25, 0.3) is 0 Å². The van der Waals surface area contributed by atoms with E-state index in [1.807, 2.05) is 0 Å². The average Bonchev–Trinajstić information content (AvgIpc) is 2.46. The van der Waals surface area contributed by atoms with Gasteiger partial charge in [0.1, 0.15) is 5.82 Å². The van der Waals surface area contributed by atoms with Gasteiger partial charge in [-0.2, -0.15) is 0 Å². The molecule has 0 saturated heterocycles. The number of halogens is 1. The molecule has 4 N–H and O–H groups in total. The Morgan fingerprint density at radius 2 is 1.55 bits per heavy atom. The minimum absolute atomic E-state index is 0.130. The maximum absolute atomic E-state index is 12.7. The van der Waals surface area contributed by atoms with Crippen molar-refractivity contribution in [2.24, 2.45) is 5.73 Å². The summed E-state index contributed by atoms with van der Waals surface area (Å²) in [4.78, 5) is 23.2. The molecule has 0 unspecified atom stereocenters. The van der Waals surface area contributed by atoms with Crippen LogP contribution in [0.4, 0.5) is 10.1 Å². The maximum atomic E-state index is 12.7. The van der Waals surface area contributed by atoms with Crippen LogP contribution >= 0.6 is 0 Å². The number of carbonyl (C=O) groups is 2. The summed E-state index contributed by atoms with van der Waals surface area (Å²) in [7, 11) is 0. The molecule has 0 saturated carbocycles. The van der Waals surface area contributed by atoms with E-state index in [9.17, 15) is 14.0 Å². The predicted octanol–water partition coefficient (Wildman–Crippen LogP) is 1.68. The molecule has 0 aliphatic carbocycles. The van der Waals surface area contributed by atoms with E-state index in [0.29, 0.717) is 5.69 Å². The van der Waals surface area contributed by atoms with Crippen LogP contribution in [0.1, 0.15) is 20.7 Å². The topological polar surface area (TPSA) is 84.2 Å². The first-order chi connectivity index (χ1) is 9.58. The average molecular weight is 273 g/mol. The Morgan fingerprint density at radius 3 is 2.15 bits per heavy atom. The fraction of sp³-hybridized carbons (Fsp3) is 0. The minimum Gasteiger partial charge on any atom is -0.366 e. The van der Waals surface area contributed by atoms with Gasteiger partial charge < -0.3 is 5.73 Å². The molecular weight excluding hydrogens is 261 g/mol. The lowest BCUT2D eigenvalue weighted by atomic mass is 10.1. The van der Waals surface area contributed by atoms with E-state index in [4.69, 9.17) is 5.73 Å². The van der Waals surface area contributed by atoms with Gasteiger partial charge in [-0.1, -0.05) is 12.1 Å². The number of carbonyl (C=O) groups excluding carboxylic acids is 2. The summed E-state index contributed by atoms with van der Waals surface area (Å²) in [5.74, 6) is -1.57. The Hall–Kier alpha value is -2.89. The highest BCUT2D eigenvalue weighted by Gasteiger charge is 2.13. The monoisotopic (exact) mass is 273 g/mol. The number of primary amides is 1. The van der Waals surface area contributed by atoms with Gasteiger partial charge in [-0.3, -0.25) is 20.4 Å². The fourth-order valence-corrected chi connectivity index (χ4v) is 1.63. The van der Waals surface area contributed by atoms with Gasteiger partial charge in [-0.05, 0) is 36.4 Å². The van der Waals surface area contributed by atoms with Gasteiger partial charge in [0.25, 0.3) is 5.91 Å². The van der Waals surface area contributed by atoms with E-state index < -0.39 is 11.8 Å². The zero-order chi connectivity index (χ0) is 14.5. The molecule has 2 rings (SSSR count). The molecule has 0 aliphatic heterocycles. The first-order valence-corrected chi connectivity index (χ1v) is 5.78. The van der Waals surface area contributed by atoms with Crippen LogP contribution in [0, 0.1) is 5.82 Å². The van der Waals surface area contributed by atoms with Crippen LogP contribution in [0.3, 0.4) is 0 Å². The second-order valence-electron chi connectivity index (χ2n) is 4.00. The van der Waals surface area contributed by atoms with E-state index in [1.54, 1.807) is 12.1 Å². The van der Waals surface area contributed by atoms with Crippen molar-refractivity contribution in [1.82, 2.24) is 5.43 Å². The number of nitrogens with two attached hydrogens (primary N) is 1. The van der Waals surface area contributed by atoms with Crippen molar-refractivity contribution in [3.63, 3.8) is 0 Å². The predicted molar refractivity (Wildman–Crippen MR) is 72.4 cm³/mol. The number of rotatable bonds is 4. The quantitative estimate of drug-likeness (QED) is 0.741.